The molecule has 1 fully saturated rings. The van der Waals surface area contributed by atoms with Crippen molar-refractivity contribution in [3.05, 3.63) is 65.6 Å². The molecule has 0 saturated carbocycles. The smallest absolute Gasteiger partial charge is 0.166 e. The summed E-state index contributed by atoms with van der Waals surface area (Å²) in [5.41, 5.74) is 6.75. The van der Waals surface area contributed by atoms with E-state index in [2.05, 4.69) is 55.3 Å². The highest BCUT2D eigenvalue weighted by Gasteiger charge is 2.19. The lowest BCUT2D eigenvalue weighted by Gasteiger charge is -2.33. The largest absolute Gasteiger partial charge is 0.493 e. The number of ether oxygens (including phenoxy) is 1. The van der Waals surface area contributed by atoms with Gasteiger partial charge in [0.1, 0.15) is 17.8 Å². The van der Waals surface area contributed by atoms with Crippen LogP contribution in [0.25, 0.3) is 22.3 Å². The Kier molecular flexibility index (Phi) is 6.02. The molecule has 33 heavy (non-hydrogen) atoms. The topological polar surface area (TPSA) is 91.8 Å². The zero-order valence-electron chi connectivity index (χ0n) is 19.3. The van der Waals surface area contributed by atoms with Crippen LogP contribution < -0.4 is 10.1 Å². The van der Waals surface area contributed by atoms with Gasteiger partial charge in [-0.05, 0) is 43.7 Å². The number of H-pyrrole nitrogens is 1. The zero-order chi connectivity index (χ0) is 22.8. The van der Waals surface area contributed by atoms with Crippen LogP contribution in [-0.2, 0) is 6.42 Å². The molecule has 1 saturated heterocycles. The fourth-order valence-electron chi connectivity index (χ4n) is 4.51. The van der Waals surface area contributed by atoms with Gasteiger partial charge < -0.3 is 15.0 Å². The Morgan fingerprint density at radius 2 is 1.94 bits per heavy atom. The number of hydrogen-bond acceptors (Lipinski definition) is 7. The molecular weight excluding hydrogens is 414 g/mol. The molecule has 0 amide bonds. The number of hydrogen-bond donors (Lipinski definition) is 2. The Bertz CT molecular complexity index is 1260. The van der Waals surface area contributed by atoms with E-state index in [1.807, 2.05) is 25.3 Å². The molecule has 1 atom stereocenters. The van der Waals surface area contributed by atoms with Crippen molar-refractivity contribution < 1.29 is 4.74 Å². The summed E-state index contributed by atoms with van der Waals surface area (Å²) >= 11 is 0. The number of aromatic amines is 1. The second-order valence-corrected chi connectivity index (χ2v) is 8.48. The van der Waals surface area contributed by atoms with Crippen LogP contribution in [0.3, 0.4) is 0 Å². The van der Waals surface area contributed by atoms with Gasteiger partial charge in [-0.1, -0.05) is 6.07 Å². The van der Waals surface area contributed by atoms with Crippen molar-refractivity contribution in [2.75, 3.05) is 33.3 Å². The summed E-state index contributed by atoms with van der Waals surface area (Å²) < 4.78 is 5.54. The Morgan fingerprint density at radius 3 is 2.76 bits per heavy atom. The van der Waals surface area contributed by atoms with Gasteiger partial charge >= 0.3 is 0 Å². The zero-order valence-corrected chi connectivity index (χ0v) is 19.3. The van der Waals surface area contributed by atoms with E-state index >= 15 is 0 Å². The highest BCUT2D eigenvalue weighted by Crippen LogP contribution is 2.31. The highest BCUT2D eigenvalue weighted by molar-refractivity contribution is 5.82. The van der Waals surface area contributed by atoms with Gasteiger partial charge in [-0.2, -0.15) is 0 Å². The predicted molar refractivity (Wildman–Crippen MR) is 128 cm³/mol. The number of methoxy groups -OCH3 is 1. The lowest BCUT2D eigenvalue weighted by atomic mass is 10.1. The summed E-state index contributed by atoms with van der Waals surface area (Å²) in [5, 5.41) is 3.42. The van der Waals surface area contributed by atoms with Crippen LogP contribution in [0.4, 0.5) is 0 Å². The fraction of sp³-hybridized carbons (Fsp3) is 0.360. The lowest BCUT2D eigenvalue weighted by Crippen LogP contribution is -2.44. The predicted octanol–water partition coefficient (Wildman–Crippen LogP) is 3.29. The van der Waals surface area contributed by atoms with E-state index in [4.69, 9.17) is 9.72 Å². The van der Waals surface area contributed by atoms with Crippen molar-refractivity contribution >= 4 is 11.0 Å². The maximum Gasteiger partial charge on any atom is 0.166 e. The van der Waals surface area contributed by atoms with E-state index in [-0.39, 0.29) is 0 Å². The molecule has 4 aromatic rings. The molecule has 170 valence electrons. The first-order chi connectivity index (χ1) is 16.1. The van der Waals surface area contributed by atoms with Gasteiger partial charge in [0.25, 0.3) is 0 Å². The van der Waals surface area contributed by atoms with Crippen molar-refractivity contribution in [3.8, 4) is 17.0 Å². The first-order valence-corrected chi connectivity index (χ1v) is 11.4. The van der Waals surface area contributed by atoms with Crippen molar-refractivity contribution in [1.29, 1.82) is 0 Å². The summed E-state index contributed by atoms with van der Waals surface area (Å²) in [6, 6.07) is 10.8. The normalized spacial score (nSPS) is 15.6. The van der Waals surface area contributed by atoms with Crippen LogP contribution in [0.5, 0.6) is 5.75 Å². The third-order valence-corrected chi connectivity index (χ3v) is 6.36. The van der Waals surface area contributed by atoms with Crippen LogP contribution in [0.1, 0.15) is 35.7 Å². The number of rotatable bonds is 6. The average molecular weight is 444 g/mol. The molecule has 2 N–H and O–H groups in total. The molecular formula is C25H29N7O. The third-order valence-electron chi connectivity index (χ3n) is 6.36. The van der Waals surface area contributed by atoms with Crippen LogP contribution in [0.15, 0.2) is 42.9 Å². The molecule has 4 heterocycles. The van der Waals surface area contributed by atoms with Gasteiger partial charge in [-0.15, -0.1) is 0 Å². The minimum Gasteiger partial charge on any atom is -0.493 e. The number of imidazole rings is 1. The van der Waals surface area contributed by atoms with Crippen LogP contribution in [0.2, 0.25) is 0 Å². The van der Waals surface area contributed by atoms with E-state index in [0.29, 0.717) is 18.2 Å². The number of benzene rings is 1. The minimum absolute atomic E-state index is 0.374. The van der Waals surface area contributed by atoms with Crippen molar-refractivity contribution in [2.24, 2.45) is 0 Å². The van der Waals surface area contributed by atoms with Gasteiger partial charge in [-0.25, -0.2) is 15.0 Å². The molecule has 1 unspecified atom stereocenters. The molecule has 5 rings (SSSR count). The van der Waals surface area contributed by atoms with Crippen molar-refractivity contribution in [2.45, 2.75) is 26.3 Å². The Labute approximate surface area is 193 Å². The Hall–Kier alpha value is -3.36. The van der Waals surface area contributed by atoms with E-state index in [1.165, 1.54) is 5.56 Å². The highest BCUT2D eigenvalue weighted by atomic mass is 16.5. The van der Waals surface area contributed by atoms with Crippen LogP contribution in [0, 0.1) is 6.92 Å². The maximum absolute atomic E-state index is 5.54. The molecule has 0 aliphatic carbocycles. The summed E-state index contributed by atoms with van der Waals surface area (Å²) in [6.07, 6.45) is 4.13. The Balaban J connectivity index is 1.39. The summed E-state index contributed by atoms with van der Waals surface area (Å²) in [7, 11) is 1.65. The second-order valence-electron chi connectivity index (χ2n) is 8.48. The Morgan fingerprint density at radius 1 is 1.09 bits per heavy atom. The number of piperazine rings is 1. The molecule has 1 aliphatic heterocycles. The van der Waals surface area contributed by atoms with E-state index in [1.54, 1.807) is 13.4 Å². The number of pyridine rings is 1. The maximum atomic E-state index is 5.54. The minimum atomic E-state index is 0.374. The molecule has 3 aromatic heterocycles. The average Bonchev–Trinajstić information content (AvgIpc) is 3.25. The molecule has 8 heteroatoms. The van der Waals surface area contributed by atoms with Gasteiger partial charge in [0.2, 0.25) is 0 Å². The molecule has 0 spiro atoms. The van der Waals surface area contributed by atoms with Crippen LogP contribution >= 0.6 is 0 Å². The summed E-state index contributed by atoms with van der Waals surface area (Å²) in [5.74, 6) is 1.59. The van der Waals surface area contributed by atoms with Gasteiger partial charge in [0, 0.05) is 56.1 Å². The van der Waals surface area contributed by atoms with Gasteiger partial charge in [0.05, 0.1) is 23.8 Å². The molecule has 0 radical (unpaired) electrons. The monoisotopic (exact) mass is 443 g/mol. The second kappa shape index (κ2) is 9.25. The van der Waals surface area contributed by atoms with E-state index < -0.39 is 0 Å². The molecule has 0 bridgehead atoms. The molecule has 1 aromatic carbocycles. The van der Waals surface area contributed by atoms with E-state index in [0.717, 1.165) is 65.7 Å². The summed E-state index contributed by atoms with van der Waals surface area (Å²) in [6.45, 7) is 8.42. The number of nitrogens with one attached hydrogen (secondary N) is 2. The third kappa shape index (κ3) is 4.44. The standard InChI is InChI=1S/C25H29N7O/c1-16-25(33-3)24(29-15-28-16)19-4-5-21-22(13-19)31-23(30-21)14-20-12-18(6-7-27-20)17(2)32-10-8-26-9-11-32/h4-7,12-13,15,17,26H,8-11,14H2,1-3H3,(H,30,31). The van der Waals surface area contributed by atoms with Gasteiger partial charge in [-0.3, -0.25) is 9.88 Å². The number of fused-ring (bicyclic) bond motifs is 1. The van der Waals surface area contributed by atoms with Crippen molar-refractivity contribution in [3.63, 3.8) is 0 Å². The van der Waals surface area contributed by atoms with E-state index in [9.17, 15) is 0 Å². The fourth-order valence-corrected chi connectivity index (χ4v) is 4.51. The SMILES string of the molecule is COc1c(C)ncnc1-c1ccc2nc(Cc3cc(C(C)N4CCNCC4)ccn3)[nH]c2c1. The molecule has 8 nitrogen and oxygen atoms in total. The number of aromatic nitrogens is 5. The quantitative estimate of drug-likeness (QED) is 0.472. The summed E-state index contributed by atoms with van der Waals surface area (Å²) in [4.78, 5) is 24.0. The lowest BCUT2D eigenvalue weighted by molar-refractivity contribution is 0.185. The number of aryl methyl sites for hydroxylation is 1. The van der Waals surface area contributed by atoms with Gasteiger partial charge in [0.15, 0.2) is 5.75 Å². The van der Waals surface area contributed by atoms with Crippen LogP contribution in [-0.4, -0.2) is 63.1 Å². The molecule has 1 aliphatic rings. The number of nitrogens with zero attached hydrogens (tertiary/aromatic N) is 5. The van der Waals surface area contributed by atoms with Crippen molar-refractivity contribution in [1.82, 2.24) is 35.1 Å². The first-order valence-electron chi connectivity index (χ1n) is 11.4. The first kappa shape index (κ1) is 21.5.